The maximum absolute atomic E-state index is 13.1. The summed E-state index contributed by atoms with van der Waals surface area (Å²) in [5.41, 5.74) is 0.805. The van der Waals surface area contributed by atoms with Gasteiger partial charge in [0, 0.05) is 4.88 Å². The molecule has 0 aliphatic carbocycles. The van der Waals surface area contributed by atoms with Gasteiger partial charge in [0.1, 0.15) is 5.76 Å². The topological polar surface area (TPSA) is 76.6 Å². The zero-order valence-electron chi connectivity index (χ0n) is 19.1. The largest absolute Gasteiger partial charge is 0.493 e. The van der Waals surface area contributed by atoms with E-state index in [9.17, 15) is 4.79 Å². The Hall–Kier alpha value is -3.30. The molecular weight excluding hydrogens is 470 g/mol. The maximum Gasteiger partial charge on any atom is 0.267 e. The number of furan rings is 1. The van der Waals surface area contributed by atoms with Gasteiger partial charge in [-0.15, -0.1) is 16.4 Å². The van der Waals surface area contributed by atoms with Crippen LogP contribution in [0.25, 0.3) is 6.08 Å². The Kier molecular flexibility index (Phi) is 7.87. The molecule has 1 aliphatic rings. The van der Waals surface area contributed by atoms with Crippen LogP contribution < -0.4 is 9.47 Å². The first-order valence-corrected chi connectivity index (χ1v) is 12.4. The standard InChI is InChI=1S/C25H25N3O4S2/c1-17(2)16-32-21-9-8-18(12-22(21)30-3)14-26-27-25-28(15-19-6-4-10-31-19)24(29)23(34-25)13-20-7-5-11-33-20/h4-14,17H,15-16H2,1-3H3/b23-13-,26-14-,27-25+. The lowest BCUT2D eigenvalue weighted by molar-refractivity contribution is -0.122. The minimum Gasteiger partial charge on any atom is -0.493 e. The van der Waals surface area contributed by atoms with Gasteiger partial charge >= 0.3 is 0 Å². The van der Waals surface area contributed by atoms with Crippen LogP contribution in [-0.2, 0) is 11.3 Å². The zero-order valence-corrected chi connectivity index (χ0v) is 20.8. The highest BCUT2D eigenvalue weighted by atomic mass is 32.2. The van der Waals surface area contributed by atoms with Gasteiger partial charge in [-0.3, -0.25) is 9.69 Å². The number of rotatable bonds is 9. The van der Waals surface area contributed by atoms with Crippen LogP contribution >= 0.6 is 23.1 Å². The van der Waals surface area contributed by atoms with E-state index in [1.165, 1.54) is 11.8 Å². The second-order valence-corrected chi connectivity index (χ2v) is 9.83. The predicted octanol–water partition coefficient (Wildman–Crippen LogP) is 5.89. The van der Waals surface area contributed by atoms with E-state index < -0.39 is 0 Å². The van der Waals surface area contributed by atoms with Crippen LogP contribution in [0.5, 0.6) is 11.5 Å². The molecule has 0 bridgehead atoms. The van der Waals surface area contributed by atoms with Crippen molar-refractivity contribution in [1.29, 1.82) is 0 Å². The van der Waals surface area contributed by atoms with Crippen LogP contribution in [0.15, 0.2) is 73.6 Å². The molecule has 0 saturated carbocycles. The molecule has 1 aromatic carbocycles. The van der Waals surface area contributed by atoms with Crippen molar-refractivity contribution in [2.24, 2.45) is 16.1 Å². The molecule has 1 aliphatic heterocycles. The fraction of sp³-hybridized carbons (Fsp3) is 0.240. The van der Waals surface area contributed by atoms with Crippen LogP contribution in [0.4, 0.5) is 0 Å². The Balaban J connectivity index is 1.55. The summed E-state index contributed by atoms with van der Waals surface area (Å²) in [4.78, 5) is 16.2. The molecule has 7 nitrogen and oxygen atoms in total. The number of thiophene rings is 1. The van der Waals surface area contributed by atoms with E-state index in [0.717, 1.165) is 10.4 Å². The summed E-state index contributed by atoms with van der Waals surface area (Å²) in [7, 11) is 1.60. The lowest BCUT2D eigenvalue weighted by Crippen LogP contribution is -2.28. The highest BCUT2D eigenvalue weighted by molar-refractivity contribution is 8.18. The van der Waals surface area contributed by atoms with Gasteiger partial charge < -0.3 is 13.9 Å². The number of hydrogen-bond acceptors (Lipinski definition) is 8. The van der Waals surface area contributed by atoms with Crippen molar-refractivity contribution in [3.05, 3.63) is 75.2 Å². The molecule has 3 aromatic rings. The molecule has 2 aromatic heterocycles. The average molecular weight is 496 g/mol. The van der Waals surface area contributed by atoms with Crippen molar-refractivity contribution >= 4 is 46.5 Å². The molecule has 1 fully saturated rings. The quantitative estimate of drug-likeness (QED) is 0.210. The second kappa shape index (κ2) is 11.2. The van der Waals surface area contributed by atoms with Crippen LogP contribution in [0, 0.1) is 5.92 Å². The SMILES string of the molecule is COc1cc(/C=N\N=C2\S/C(=C\c3cccs3)C(=O)N2Cc2ccco2)ccc1OCC(C)C. The van der Waals surface area contributed by atoms with Crippen molar-refractivity contribution in [3.8, 4) is 11.5 Å². The van der Waals surface area contributed by atoms with Gasteiger partial charge in [0.15, 0.2) is 16.7 Å². The normalized spacial score (nSPS) is 16.5. The van der Waals surface area contributed by atoms with Crippen LogP contribution in [0.3, 0.4) is 0 Å². The summed E-state index contributed by atoms with van der Waals surface area (Å²) in [6.07, 6.45) is 5.08. The third-order valence-corrected chi connectivity index (χ3v) is 6.52. The van der Waals surface area contributed by atoms with E-state index in [1.54, 1.807) is 41.9 Å². The monoisotopic (exact) mass is 495 g/mol. The number of ether oxygens (including phenoxy) is 2. The highest BCUT2D eigenvalue weighted by Crippen LogP contribution is 2.34. The predicted molar refractivity (Wildman–Crippen MR) is 138 cm³/mol. The van der Waals surface area contributed by atoms with E-state index in [0.29, 0.717) is 39.9 Å². The third-order valence-electron chi connectivity index (χ3n) is 4.71. The van der Waals surface area contributed by atoms with Crippen molar-refractivity contribution in [2.75, 3.05) is 13.7 Å². The lowest BCUT2D eigenvalue weighted by atomic mass is 10.2. The first-order valence-electron chi connectivity index (χ1n) is 10.7. The third kappa shape index (κ3) is 5.98. The number of hydrogen-bond donors (Lipinski definition) is 0. The average Bonchev–Trinajstić information content (AvgIpc) is 3.58. The van der Waals surface area contributed by atoms with E-state index >= 15 is 0 Å². The lowest BCUT2D eigenvalue weighted by Gasteiger charge is -2.13. The fourth-order valence-corrected chi connectivity index (χ4v) is 4.73. The summed E-state index contributed by atoms with van der Waals surface area (Å²) in [6, 6.07) is 13.1. The van der Waals surface area contributed by atoms with Gasteiger partial charge in [-0.25, -0.2) is 0 Å². The van der Waals surface area contributed by atoms with Crippen molar-refractivity contribution in [1.82, 2.24) is 4.90 Å². The van der Waals surface area contributed by atoms with E-state index in [4.69, 9.17) is 13.9 Å². The number of methoxy groups -OCH3 is 1. The Morgan fingerprint density at radius 2 is 2.06 bits per heavy atom. The van der Waals surface area contributed by atoms with Gasteiger partial charge in [-0.1, -0.05) is 19.9 Å². The smallest absolute Gasteiger partial charge is 0.267 e. The van der Waals surface area contributed by atoms with Gasteiger partial charge in [0.2, 0.25) is 0 Å². The van der Waals surface area contributed by atoms with E-state index in [-0.39, 0.29) is 12.5 Å². The summed E-state index contributed by atoms with van der Waals surface area (Å²) >= 11 is 2.87. The molecule has 3 heterocycles. The molecule has 176 valence electrons. The molecule has 0 spiro atoms. The molecule has 1 saturated heterocycles. The molecule has 9 heteroatoms. The number of thioether (sulfide) groups is 1. The maximum atomic E-state index is 13.1. The van der Waals surface area contributed by atoms with E-state index in [1.807, 2.05) is 47.9 Å². The first-order chi connectivity index (χ1) is 16.5. The molecule has 0 N–H and O–H groups in total. The minimum absolute atomic E-state index is 0.128. The summed E-state index contributed by atoms with van der Waals surface area (Å²) in [5, 5.41) is 11.1. The Labute approximate surface area is 206 Å². The van der Waals surface area contributed by atoms with Crippen molar-refractivity contribution in [3.63, 3.8) is 0 Å². The van der Waals surface area contributed by atoms with Gasteiger partial charge in [0.25, 0.3) is 5.91 Å². The molecule has 4 rings (SSSR count). The Morgan fingerprint density at radius 1 is 1.18 bits per heavy atom. The highest BCUT2D eigenvalue weighted by Gasteiger charge is 2.34. The van der Waals surface area contributed by atoms with Crippen LogP contribution in [0.2, 0.25) is 0 Å². The number of amides is 1. The van der Waals surface area contributed by atoms with Gasteiger partial charge in [-0.2, -0.15) is 5.10 Å². The molecule has 0 unspecified atom stereocenters. The second-order valence-electron chi connectivity index (χ2n) is 7.84. The van der Waals surface area contributed by atoms with E-state index in [2.05, 4.69) is 24.1 Å². The van der Waals surface area contributed by atoms with Crippen molar-refractivity contribution < 1.29 is 18.7 Å². The molecular formula is C25H25N3O4S2. The fourth-order valence-electron chi connectivity index (χ4n) is 3.07. The number of amidine groups is 1. The number of benzene rings is 1. The van der Waals surface area contributed by atoms with Crippen molar-refractivity contribution in [2.45, 2.75) is 20.4 Å². The van der Waals surface area contributed by atoms with Crippen LogP contribution in [0.1, 0.15) is 30.0 Å². The Morgan fingerprint density at radius 3 is 2.76 bits per heavy atom. The first kappa shape index (κ1) is 23.8. The summed E-state index contributed by atoms with van der Waals surface area (Å²) < 4.78 is 16.7. The number of carbonyl (C=O) groups excluding carboxylic acids is 1. The molecule has 0 radical (unpaired) electrons. The Bertz CT molecular complexity index is 1200. The van der Waals surface area contributed by atoms with Crippen LogP contribution in [-0.4, -0.2) is 35.9 Å². The molecule has 0 atom stereocenters. The van der Waals surface area contributed by atoms with Gasteiger partial charge in [-0.05, 0) is 71.1 Å². The summed E-state index contributed by atoms with van der Waals surface area (Å²) in [5.74, 6) is 2.27. The minimum atomic E-state index is -0.128. The number of carbonyl (C=O) groups is 1. The van der Waals surface area contributed by atoms with Gasteiger partial charge in [0.05, 0.1) is 37.6 Å². The molecule has 1 amide bonds. The zero-order chi connectivity index (χ0) is 23.9. The number of nitrogens with zero attached hydrogens (tertiary/aromatic N) is 3. The molecule has 34 heavy (non-hydrogen) atoms. The summed E-state index contributed by atoms with van der Waals surface area (Å²) in [6.45, 7) is 5.07.